The second-order valence-corrected chi connectivity index (χ2v) is 9.92. The van der Waals surface area contributed by atoms with Crippen LogP contribution in [0.2, 0.25) is 0 Å². The van der Waals surface area contributed by atoms with E-state index in [4.69, 9.17) is 0 Å². The fourth-order valence-corrected chi connectivity index (χ4v) is 4.79. The molecule has 0 atom stereocenters. The van der Waals surface area contributed by atoms with Crippen LogP contribution in [0.1, 0.15) is 15.9 Å². The van der Waals surface area contributed by atoms with Gasteiger partial charge in [0.15, 0.2) is 0 Å². The summed E-state index contributed by atoms with van der Waals surface area (Å²) in [7, 11) is -3.65. The lowest BCUT2D eigenvalue weighted by molar-refractivity contribution is 0.0948. The lowest BCUT2D eigenvalue weighted by Crippen LogP contribution is -2.48. The Kier molecular flexibility index (Phi) is 8.18. The monoisotopic (exact) mass is 490 g/mol. The van der Waals surface area contributed by atoms with E-state index in [-0.39, 0.29) is 5.91 Å². The zero-order valence-electron chi connectivity index (χ0n) is 19.5. The van der Waals surface area contributed by atoms with Gasteiger partial charge in [0, 0.05) is 56.2 Å². The van der Waals surface area contributed by atoms with E-state index >= 15 is 0 Å². The van der Waals surface area contributed by atoms with E-state index < -0.39 is 10.0 Å². The number of hydrogen-bond donors (Lipinski definition) is 2. The van der Waals surface area contributed by atoms with Crippen LogP contribution in [-0.2, 0) is 10.0 Å². The maximum Gasteiger partial charge on any atom is 0.255 e. The molecule has 1 saturated heterocycles. The van der Waals surface area contributed by atoms with Crippen molar-refractivity contribution in [3.05, 3.63) is 101 Å². The molecule has 1 aliphatic rings. The Morgan fingerprint density at radius 3 is 2.11 bits per heavy atom. The number of sulfonamides is 1. The third-order valence-electron chi connectivity index (χ3n) is 5.85. The van der Waals surface area contributed by atoms with E-state index in [1.54, 1.807) is 24.3 Å². The predicted octanol–water partition coefficient (Wildman–Crippen LogP) is 3.65. The average Bonchev–Trinajstić information content (AvgIpc) is 2.89. The van der Waals surface area contributed by atoms with Crippen LogP contribution in [0.5, 0.6) is 0 Å². The zero-order chi connectivity index (χ0) is 24.5. The fraction of sp³-hybridized carbons (Fsp3) is 0.222. The molecule has 0 bridgehead atoms. The highest BCUT2D eigenvalue weighted by atomic mass is 32.2. The van der Waals surface area contributed by atoms with Crippen LogP contribution in [-0.4, -0.2) is 58.5 Å². The summed E-state index contributed by atoms with van der Waals surface area (Å²) in [6.45, 7) is 5.20. The van der Waals surface area contributed by atoms with Gasteiger partial charge in [0.2, 0.25) is 0 Å². The minimum absolute atomic E-state index is 0.175. The van der Waals surface area contributed by atoms with Crippen molar-refractivity contribution >= 4 is 33.4 Å². The first kappa shape index (κ1) is 24.5. The number of rotatable bonds is 9. The number of benzene rings is 3. The molecule has 1 fully saturated rings. The van der Waals surface area contributed by atoms with Crippen molar-refractivity contribution in [2.24, 2.45) is 0 Å². The van der Waals surface area contributed by atoms with Crippen molar-refractivity contribution in [2.45, 2.75) is 0 Å². The molecular weight excluding hydrogens is 460 g/mol. The number of amides is 1. The van der Waals surface area contributed by atoms with Crippen LogP contribution in [0.3, 0.4) is 0 Å². The van der Waals surface area contributed by atoms with Crippen molar-refractivity contribution in [3.8, 4) is 0 Å². The molecule has 35 heavy (non-hydrogen) atoms. The van der Waals surface area contributed by atoms with Crippen LogP contribution >= 0.6 is 0 Å². The summed E-state index contributed by atoms with van der Waals surface area (Å²) in [4.78, 5) is 17.2. The minimum atomic E-state index is -3.65. The Hall–Kier alpha value is -3.62. The van der Waals surface area contributed by atoms with Gasteiger partial charge in [-0.2, -0.15) is 0 Å². The molecule has 4 rings (SSSR count). The number of anilines is 2. The van der Waals surface area contributed by atoms with Gasteiger partial charge < -0.3 is 10.2 Å². The van der Waals surface area contributed by atoms with Crippen LogP contribution in [0.4, 0.5) is 11.4 Å². The van der Waals surface area contributed by atoms with E-state index in [2.05, 4.69) is 44.1 Å². The minimum Gasteiger partial charge on any atom is -0.369 e. The zero-order valence-corrected chi connectivity index (χ0v) is 20.3. The molecule has 0 aromatic heterocycles. The van der Waals surface area contributed by atoms with Crippen LogP contribution in [0.25, 0.3) is 6.08 Å². The third-order valence-corrected chi connectivity index (χ3v) is 6.87. The summed E-state index contributed by atoms with van der Waals surface area (Å²) in [6.07, 6.45) is 1.53. The van der Waals surface area contributed by atoms with E-state index in [1.807, 2.05) is 36.4 Å². The van der Waals surface area contributed by atoms with Crippen molar-refractivity contribution < 1.29 is 13.2 Å². The second-order valence-electron chi connectivity index (χ2n) is 8.36. The third kappa shape index (κ3) is 7.43. The molecule has 0 spiro atoms. The molecule has 7 nitrogen and oxygen atoms in total. The quantitative estimate of drug-likeness (QED) is 0.479. The van der Waals surface area contributed by atoms with E-state index in [0.29, 0.717) is 17.8 Å². The van der Waals surface area contributed by atoms with Crippen LogP contribution < -0.4 is 14.9 Å². The molecule has 3 aromatic rings. The topological polar surface area (TPSA) is 81.8 Å². The highest BCUT2D eigenvalue weighted by Crippen LogP contribution is 2.16. The SMILES string of the molecule is O=C(NCCN1CCN(c2ccccc2)CC1)c1ccc(NS(=O)(=O)/C=C/c2ccccc2)cc1. The van der Waals surface area contributed by atoms with Gasteiger partial charge in [-0.1, -0.05) is 48.5 Å². The Morgan fingerprint density at radius 1 is 0.829 bits per heavy atom. The average molecular weight is 491 g/mol. The van der Waals surface area contributed by atoms with Gasteiger partial charge in [-0.15, -0.1) is 0 Å². The van der Waals surface area contributed by atoms with E-state index in [1.165, 1.54) is 11.8 Å². The van der Waals surface area contributed by atoms with E-state index in [0.717, 1.165) is 43.7 Å². The van der Waals surface area contributed by atoms with Gasteiger partial charge in [0.05, 0.1) is 5.41 Å². The largest absolute Gasteiger partial charge is 0.369 e. The van der Waals surface area contributed by atoms with Crippen LogP contribution in [0, 0.1) is 0 Å². The molecule has 8 heteroatoms. The van der Waals surface area contributed by atoms with Crippen molar-refractivity contribution in [1.29, 1.82) is 0 Å². The maximum atomic E-state index is 12.5. The number of carbonyl (C=O) groups is 1. The Labute approximate surface area is 207 Å². The number of nitrogens with one attached hydrogen (secondary N) is 2. The summed E-state index contributed by atoms with van der Waals surface area (Å²) < 4.78 is 27.1. The van der Waals surface area contributed by atoms with Gasteiger partial charge in [-0.05, 0) is 48.0 Å². The molecule has 1 aliphatic heterocycles. The summed E-state index contributed by atoms with van der Waals surface area (Å²) in [6, 6.07) is 26.0. The molecular formula is C27H30N4O3S. The van der Waals surface area contributed by atoms with Gasteiger partial charge in [-0.25, -0.2) is 8.42 Å². The number of nitrogens with zero attached hydrogens (tertiary/aromatic N) is 2. The standard InChI is InChI=1S/C27H30N4O3S/c32-27(28-16-17-30-18-20-31(21-19-30)26-9-5-2-6-10-26)24-11-13-25(14-12-24)29-35(33,34)22-15-23-7-3-1-4-8-23/h1-15,22,29H,16-21H2,(H,28,32)/b22-15+. The summed E-state index contributed by atoms with van der Waals surface area (Å²) >= 11 is 0. The molecule has 0 radical (unpaired) electrons. The molecule has 0 saturated carbocycles. The maximum absolute atomic E-state index is 12.5. The molecule has 0 unspecified atom stereocenters. The molecule has 1 heterocycles. The normalized spacial score (nSPS) is 14.7. The molecule has 2 N–H and O–H groups in total. The smallest absolute Gasteiger partial charge is 0.255 e. The summed E-state index contributed by atoms with van der Waals surface area (Å²) in [5, 5.41) is 4.08. The molecule has 3 aromatic carbocycles. The van der Waals surface area contributed by atoms with Gasteiger partial charge >= 0.3 is 0 Å². The van der Waals surface area contributed by atoms with Gasteiger partial charge in [-0.3, -0.25) is 14.4 Å². The van der Waals surface area contributed by atoms with Crippen molar-refractivity contribution in [1.82, 2.24) is 10.2 Å². The Balaban J connectivity index is 1.20. The summed E-state index contributed by atoms with van der Waals surface area (Å²) in [5.41, 5.74) is 2.93. The highest BCUT2D eigenvalue weighted by Gasteiger charge is 2.17. The highest BCUT2D eigenvalue weighted by molar-refractivity contribution is 7.95. The number of hydrogen-bond acceptors (Lipinski definition) is 5. The van der Waals surface area contributed by atoms with Crippen molar-refractivity contribution in [3.63, 3.8) is 0 Å². The van der Waals surface area contributed by atoms with Crippen LogP contribution in [0.15, 0.2) is 90.3 Å². The molecule has 0 aliphatic carbocycles. The second kappa shape index (κ2) is 11.7. The summed E-state index contributed by atoms with van der Waals surface area (Å²) in [5.74, 6) is -0.175. The molecule has 182 valence electrons. The number of piperazine rings is 1. The van der Waals surface area contributed by atoms with Gasteiger partial charge in [0.25, 0.3) is 15.9 Å². The first-order chi connectivity index (χ1) is 17.0. The predicted molar refractivity (Wildman–Crippen MR) is 142 cm³/mol. The number of para-hydroxylation sites is 1. The van der Waals surface area contributed by atoms with Crippen molar-refractivity contribution in [2.75, 3.05) is 48.9 Å². The Bertz CT molecular complexity index is 1220. The lowest BCUT2D eigenvalue weighted by Gasteiger charge is -2.36. The lowest BCUT2D eigenvalue weighted by atomic mass is 10.2. The molecule has 1 amide bonds. The van der Waals surface area contributed by atoms with Gasteiger partial charge in [0.1, 0.15) is 0 Å². The first-order valence-electron chi connectivity index (χ1n) is 11.7. The Morgan fingerprint density at radius 2 is 1.46 bits per heavy atom. The first-order valence-corrected chi connectivity index (χ1v) is 13.2. The number of carbonyl (C=O) groups excluding carboxylic acids is 1. The fourth-order valence-electron chi connectivity index (χ4n) is 3.92. The van der Waals surface area contributed by atoms with E-state index in [9.17, 15) is 13.2 Å².